The maximum Gasteiger partial charge on any atom is 0.328 e. The molecule has 0 aliphatic carbocycles. The number of carbonyl (C=O) groups excluding carboxylic acids is 1. The van der Waals surface area contributed by atoms with E-state index < -0.39 is 17.6 Å². The van der Waals surface area contributed by atoms with Crippen LogP contribution in [0, 0.1) is 0 Å². The van der Waals surface area contributed by atoms with Crippen molar-refractivity contribution in [1.29, 1.82) is 0 Å². The highest BCUT2D eigenvalue weighted by molar-refractivity contribution is 5.78. The average Bonchev–Trinajstić information content (AvgIpc) is 2.35. The van der Waals surface area contributed by atoms with Gasteiger partial charge in [-0.3, -0.25) is 0 Å². The Balaban J connectivity index is 2.15. The quantitative estimate of drug-likeness (QED) is 0.826. The van der Waals surface area contributed by atoms with Gasteiger partial charge in [0.2, 0.25) is 0 Å². The van der Waals surface area contributed by atoms with Crippen LogP contribution < -0.4 is 15.2 Å². The second-order valence-corrected chi connectivity index (χ2v) is 5.41. The molecule has 5 nitrogen and oxygen atoms in total. The molecule has 0 aromatic heterocycles. The van der Waals surface area contributed by atoms with Crippen LogP contribution in [-0.4, -0.2) is 24.8 Å². The second-order valence-electron chi connectivity index (χ2n) is 5.41. The molecular formula is C14H19NO4. The molecular weight excluding hydrogens is 246 g/mol. The Morgan fingerprint density at radius 1 is 1.26 bits per heavy atom. The van der Waals surface area contributed by atoms with Crippen molar-refractivity contribution in [3.05, 3.63) is 23.8 Å². The smallest absolute Gasteiger partial charge is 0.328 e. The molecule has 0 saturated heterocycles. The molecule has 1 heterocycles. The Morgan fingerprint density at radius 3 is 2.53 bits per heavy atom. The predicted octanol–water partition coefficient (Wildman–Crippen LogP) is 1.80. The lowest BCUT2D eigenvalue weighted by molar-refractivity contribution is -0.156. The van der Waals surface area contributed by atoms with Crippen LogP contribution in [0.1, 0.15) is 32.4 Å². The van der Waals surface area contributed by atoms with Gasteiger partial charge in [-0.05, 0) is 38.5 Å². The van der Waals surface area contributed by atoms with Gasteiger partial charge in [0.15, 0.2) is 11.5 Å². The summed E-state index contributed by atoms with van der Waals surface area (Å²) in [5, 5.41) is 0. The van der Waals surface area contributed by atoms with Gasteiger partial charge < -0.3 is 19.9 Å². The van der Waals surface area contributed by atoms with Gasteiger partial charge in [0.1, 0.15) is 24.9 Å². The molecule has 5 heteroatoms. The van der Waals surface area contributed by atoms with Gasteiger partial charge in [-0.25, -0.2) is 4.79 Å². The van der Waals surface area contributed by atoms with E-state index in [4.69, 9.17) is 19.9 Å². The summed E-state index contributed by atoms with van der Waals surface area (Å²) in [7, 11) is 0. The van der Waals surface area contributed by atoms with E-state index in [2.05, 4.69) is 0 Å². The van der Waals surface area contributed by atoms with E-state index >= 15 is 0 Å². The van der Waals surface area contributed by atoms with Gasteiger partial charge >= 0.3 is 5.97 Å². The first-order chi connectivity index (χ1) is 8.87. The van der Waals surface area contributed by atoms with Crippen molar-refractivity contribution in [2.45, 2.75) is 32.4 Å². The van der Waals surface area contributed by atoms with Crippen LogP contribution in [0.2, 0.25) is 0 Å². The Bertz CT molecular complexity index is 479. The van der Waals surface area contributed by atoms with Crippen molar-refractivity contribution in [3.8, 4) is 11.5 Å². The molecule has 19 heavy (non-hydrogen) atoms. The van der Waals surface area contributed by atoms with Crippen molar-refractivity contribution in [2.75, 3.05) is 13.2 Å². The monoisotopic (exact) mass is 265 g/mol. The van der Waals surface area contributed by atoms with Gasteiger partial charge in [-0.1, -0.05) is 6.07 Å². The summed E-state index contributed by atoms with van der Waals surface area (Å²) in [6.07, 6.45) is 0. The summed E-state index contributed by atoms with van der Waals surface area (Å²) in [4.78, 5) is 11.9. The Labute approximate surface area is 112 Å². The number of carbonyl (C=O) groups is 1. The van der Waals surface area contributed by atoms with Crippen LogP contribution in [0.4, 0.5) is 0 Å². The first kappa shape index (κ1) is 13.7. The van der Waals surface area contributed by atoms with E-state index in [0.717, 1.165) is 0 Å². The Hall–Kier alpha value is -1.75. The molecule has 1 aromatic carbocycles. The number of ether oxygens (including phenoxy) is 3. The molecule has 0 bridgehead atoms. The largest absolute Gasteiger partial charge is 0.486 e. The minimum Gasteiger partial charge on any atom is -0.486 e. The molecule has 0 amide bonds. The van der Waals surface area contributed by atoms with Crippen molar-refractivity contribution in [3.63, 3.8) is 0 Å². The van der Waals surface area contributed by atoms with E-state index in [1.54, 1.807) is 39.0 Å². The van der Waals surface area contributed by atoms with Crippen LogP contribution >= 0.6 is 0 Å². The molecule has 0 saturated carbocycles. The number of rotatable bonds is 2. The zero-order valence-electron chi connectivity index (χ0n) is 11.4. The van der Waals surface area contributed by atoms with E-state index in [1.165, 1.54) is 0 Å². The molecule has 1 atom stereocenters. The Kier molecular flexibility index (Phi) is 3.66. The standard InChI is InChI=1S/C14H19NO4/c1-14(2,3)19-13(16)12(15)9-4-5-10-11(8-9)18-7-6-17-10/h4-5,8,12H,6-7,15H2,1-3H3. The van der Waals surface area contributed by atoms with Gasteiger partial charge in [0.05, 0.1) is 0 Å². The third-order valence-corrected chi connectivity index (χ3v) is 2.59. The van der Waals surface area contributed by atoms with Crippen LogP contribution in [0.15, 0.2) is 18.2 Å². The highest BCUT2D eigenvalue weighted by Crippen LogP contribution is 2.32. The second kappa shape index (κ2) is 5.09. The first-order valence-electron chi connectivity index (χ1n) is 6.25. The average molecular weight is 265 g/mol. The van der Waals surface area contributed by atoms with Crippen LogP contribution in [-0.2, 0) is 9.53 Å². The highest BCUT2D eigenvalue weighted by atomic mass is 16.6. The van der Waals surface area contributed by atoms with Crippen molar-refractivity contribution in [1.82, 2.24) is 0 Å². The molecule has 1 unspecified atom stereocenters. The minimum absolute atomic E-state index is 0.454. The molecule has 2 rings (SSSR count). The third-order valence-electron chi connectivity index (χ3n) is 2.59. The number of esters is 1. The fraction of sp³-hybridized carbons (Fsp3) is 0.500. The minimum atomic E-state index is -0.824. The molecule has 2 N–H and O–H groups in total. The fourth-order valence-corrected chi connectivity index (χ4v) is 1.75. The maximum absolute atomic E-state index is 11.9. The molecule has 104 valence electrons. The predicted molar refractivity (Wildman–Crippen MR) is 70.2 cm³/mol. The topological polar surface area (TPSA) is 70.8 Å². The number of nitrogens with two attached hydrogens (primary N) is 1. The zero-order chi connectivity index (χ0) is 14.0. The van der Waals surface area contributed by atoms with Gasteiger partial charge in [-0.15, -0.1) is 0 Å². The first-order valence-corrected chi connectivity index (χ1v) is 6.25. The fourth-order valence-electron chi connectivity index (χ4n) is 1.75. The lowest BCUT2D eigenvalue weighted by Gasteiger charge is -2.23. The van der Waals surface area contributed by atoms with Gasteiger partial charge in [0, 0.05) is 0 Å². The van der Waals surface area contributed by atoms with E-state index in [9.17, 15) is 4.79 Å². The van der Waals surface area contributed by atoms with Crippen LogP contribution in [0.5, 0.6) is 11.5 Å². The number of fused-ring (bicyclic) bond motifs is 1. The normalized spacial score (nSPS) is 15.8. The number of hydrogen-bond donors (Lipinski definition) is 1. The summed E-state index contributed by atoms with van der Waals surface area (Å²) < 4.78 is 16.1. The summed E-state index contributed by atoms with van der Waals surface area (Å²) in [6, 6.07) is 4.41. The van der Waals surface area contributed by atoms with Crippen molar-refractivity contribution in [2.24, 2.45) is 5.73 Å². The molecule has 1 aromatic rings. The third kappa shape index (κ3) is 3.38. The maximum atomic E-state index is 11.9. The van der Waals surface area contributed by atoms with Crippen LogP contribution in [0.3, 0.4) is 0 Å². The number of benzene rings is 1. The van der Waals surface area contributed by atoms with E-state index in [1.807, 2.05) is 0 Å². The van der Waals surface area contributed by atoms with Gasteiger partial charge in [0.25, 0.3) is 0 Å². The SMILES string of the molecule is CC(C)(C)OC(=O)C(N)c1ccc2c(c1)OCCO2. The lowest BCUT2D eigenvalue weighted by Crippen LogP contribution is -2.31. The lowest BCUT2D eigenvalue weighted by atomic mass is 10.1. The van der Waals surface area contributed by atoms with Crippen molar-refractivity contribution >= 4 is 5.97 Å². The van der Waals surface area contributed by atoms with Gasteiger partial charge in [-0.2, -0.15) is 0 Å². The highest BCUT2D eigenvalue weighted by Gasteiger charge is 2.24. The van der Waals surface area contributed by atoms with E-state index in [-0.39, 0.29) is 0 Å². The zero-order valence-corrected chi connectivity index (χ0v) is 11.4. The summed E-state index contributed by atoms with van der Waals surface area (Å²) in [5.74, 6) is 0.832. The molecule has 0 radical (unpaired) electrons. The Morgan fingerprint density at radius 2 is 1.89 bits per heavy atom. The summed E-state index contributed by atoms with van der Waals surface area (Å²) >= 11 is 0. The van der Waals surface area contributed by atoms with E-state index in [0.29, 0.717) is 30.3 Å². The molecule has 0 spiro atoms. The van der Waals surface area contributed by atoms with Crippen LogP contribution in [0.25, 0.3) is 0 Å². The summed E-state index contributed by atoms with van der Waals surface area (Å²) in [5.41, 5.74) is 6.01. The van der Waals surface area contributed by atoms with Crippen molar-refractivity contribution < 1.29 is 19.0 Å². The molecule has 1 aliphatic rings. The number of hydrogen-bond acceptors (Lipinski definition) is 5. The summed E-state index contributed by atoms with van der Waals surface area (Å²) in [6.45, 7) is 6.45. The molecule has 1 aliphatic heterocycles. The molecule has 0 fully saturated rings.